The molecule has 1 unspecified atom stereocenters. The van der Waals surface area contributed by atoms with Gasteiger partial charge in [-0.15, -0.1) is 0 Å². The fourth-order valence-electron chi connectivity index (χ4n) is 4.41. The van der Waals surface area contributed by atoms with Crippen molar-refractivity contribution in [1.82, 2.24) is 15.3 Å². The summed E-state index contributed by atoms with van der Waals surface area (Å²) in [6.07, 6.45) is -0.0984. The predicted octanol–water partition coefficient (Wildman–Crippen LogP) is 4.60. The quantitative estimate of drug-likeness (QED) is 0.379. The molecule has 0 saturated heterocycles. The number of amides is 2. The standard InChI is InChI=1S/C30H29N5O3/c1-20-18-21(2)33-30(32-20)34-24-14-12-23(13-15-24)29(37)35-19-27(38-26-11-7-6-10-25(26)35)28(36)31-17-16-22-8-4-3-5-9-22/h3-15,18,27H,16-17,19H2,1-2H3,(H,31,36)(H,32,33,34). The van der Waals surface area contributed by atoms with Gasteiger partial charge in [-0.2, -0.15) is 0 Å². The van der Waals surface area contributed by atoms with Crippen LogP contribution in [0.25, 0.3) is 0 Å². The first-order chi connectivity index (χ1) is 18.5. The minimum atomic E-state index is -0.813. The Kier molecular flexibility index (Phi) is 7.31. The van der Waals surface area contributed by atoms with Crippen LogP contribution >= 0.6 is 0 Å². The van der Waals surface area contributed by atoms with Gasteiger partial charge in [-0.25, -0.2) is 9.97 Å². The van der Waals surface area contributed by atoms with Crippen molar-refractivity contribution in [2.24, 2.45) is 0 Å². The topological polar surface area (TPSA) is 96.5 Å². The van der Waals surface area contributed by atoms with Crippen LogP contribution in [0.4, 0.5) is 17.3 Å². The van der Waals surface area contributed by atoms with Crippen molar-refractivity contribution in [2.45, 2.75) is 26.4 Å². The molecule has 2 heterocycles. The number of carbonyl (C=O) groups is 2. The van der Waals surface area contributed by atoms with Crippen molar-refractivity contribution in [3.8, 4) is 5.75 Å². The highest BCUT2D eigenvalue weighted by Gasteiger charge is 2.34. The largest absolute Gasteiger partial charge is 0.477 e. The lowest BCUT2D eigenvalue weighted by Crippen LogP contribution is -2.51. The Balaban J connectivity index is 1.28. The van der Waals surface area contributed by atoms with E-state index in [2.05, 4.69) is 20.6 Å². The molecule has 192 valence electrons. The molecule has 1 aliphatic heterocycles. The van der Waals surface area contributed by atoms with Crippen molar-refractivity contribution in [3.05, 3.63) is 107 Å². The Morgan fingerprint density at radius 3 is 2.34 bits per heavy atom. The molecule has 8 heteroatoms. The number of nitrogens with zero attached hydrogens (tertiary/aromatic N) is 3. The molecule has 2 N–H and O–H groups in total. The summed E-state index contributed by atoms with van der Waals surface area (Å²) in [5, 5.41) is 6.13. The Labute approximate surface area is 221 Å². The summed E-state index contributed by atoms with van der Waals surface area (Å²) in [5.74, 6) is 0.545. The van der Waals surface area contributed by atoms with E-state index in [0.717, 1.165) is 22.6 Å². The molecule has 0 saturated carbocycles. The SMILES string of the molecule is Cc1cc(C)nc(Nc2ccc(C(=O)N3CC(C(=O)NCCc4ccccc4)Oc4ccccc43)cc2)n1. The number of ether oxygens (including phenoxy) is 1. The van der Waals surface area contributed by atoms with Crippen LogP contribution in [-0.2, 0) is 11.2 Å². The number of nitrogens with one attached hydrogen (secondary N) is 2. The molecule has 1 atom stereocenters. The van der Waals surface area contributed by atoms with E-state index in [1.54, 1.807) is 23.1 Å². The van der Waals surface area contributed by atoms with E-state index in [9.17, 15) is 9.59 Å². The number of para-hydroxylation sites is 2. The zero-order valence-corrected chi connectivity index (χ0v) is 21.3. The molecule has 1 aliphatic rings. The average Bonchev–Trinajstić information content (AvgIpc) is 2.92. The lowest BCUT2D eigenvalue weighted by atomic mass is 10.1. The normalized spacial score (nSPS) is 14.3. The van der Waals surface area contributed by atoms with Crippen molar-refractivity contribution >= 4 is 29.1 Å². The first-order valence-electron chi connectivity index (χ1n) is 12.5. The van der Waals surface area contributed by atoms with Gasteiger partial charge in [0, 0.05) is 29.2 Å². The van der Waals surface area contributed by atoms with E-state index in [-0.39, 0.29) is 18.4 Å². The molecule has 0 bridgehead atoms. The van der Waals surface area contributed by atoms with Gasteiger partial charge in [0.2, 0.25) is 5.95 Å². The molecule has 5 rings (SSSR count). The van der Waals surface area contributed by atoms with Gasteiger partial charge in [-0.3, -0.25) is 9.59 Å². The van der Waals surface area contributed by atoms with Crippen molar-refractivity contribution in [2.75, 3.05) is 23.3 Å². The first kappa shape index (κ1) is 25.0. The fraction of sp³-hybridized carbons (Fsp3) is 0.200. The second-order valence-electron chi connectivity index (χ2n) is 9.19. The smallest absolute Gasteiger partial charge is 0.262 e. The van der Waals surface area contributed by atoms with Crippen LogP contribution < -0.4 is 20.3 Å². The minimum Gasteiger partial charge on any atom is -0.477 e. The van der Waals surface area contributed by atoms with Crippen LogP contribution in [0.15, 0.2) is 84.9 Å². The van der Waals surface area contributed by atoms with E-state index < -0.39 is 6.10 Å². The highest BCUT2D eigenvalue weighted by molar-refractivity contribution is 6.08. The van der Waals surface area contributed by atoms with E-state index in [1.165, 1.54) is 0 Å². The molecule has 3 aromatic carbocycles. The van der Waals surface area contributed by atoms with Crippen molar-refractivity contribution in [1.29, 1.82) is 0 Å². The third kappa shape index (κ3) is 5.81. The molecular weight excluding hydrogens is 478 g/mol. The van der Waals surface area contributed by atoms with E-state index in [0.29, 0.717) is 35.9 Å². The Morgan fingerprint density at radius 1 is 0.921 bits per heavy atom. The number of benzene rings is 3. The van der Waals surface area contributed by atoms with Gasteiger partial charge in [0.1, 0.15) is 5.75 Å². The van der Waals surface area contributed by atoms with Crippen LogP contribution in [0, 0.1) is 13.8 Å². The van der Waals surface area contributed by atoms with Crippen molar-refractivity contribution < 1.29 is 14.3 Å². The molecule has 38 heavy (non-hydrogen) atoms. The number of hydrogen-bond acceptors (Lipinski definition) is 6. The molecule has 2 amide bonds. The minimum absolute atomic E-state index is 0.115. The second-order valence-corrected chi connectivity index (χ2v) is 9.19. The molecular formula is C30H29N5O3. The summed E-state index contributed by atoms with van der Waals surface area (Å²) in [5.41, 5.74) is 4.78. The van der Waals surface area contributed by atoms with Crippen LogP contribution in [0.1, 0.15) is 27.3 Å². The fourth-order valence-corrected chi connectivity index (χ4v) is 4.41. The maximum absolute atomic E-state index is 13.6. The van der Waals surface area contributed by atoms with Gasteiger partial charge in [-0.1, -0.05) is 42.5 Å². The number of carbonyl (C=O) groups excluding carboxylic acids is 2. The summed E-state index contributed by atoms with van der Waals surface area (Å²) in [7, 11) is 0. The maximum atomic E-state index is 13.6. The third-order valence-electron chi connectivity index (χ3n) is 6.24. The number of aryl methyl sites for hydroxylation is 2. The molecule has 0 fully saturated rings. The second kappa shape index (κ2) is 11.1. The van der Waals surface area contributed by atoms with Crippen molar-refractivity contribution in [3.63, 3.8) is 0 Å². The Hall–Kier alpha value is -4.72. The summed E-state index contributed by atoms with van der Waals surface area (Å²) in [6.45, 7) is 4.43. The van der Waals surface area contributed by atoms with Gasteiger partial charge in [0.15, 0.2) is 6.10 Å². The number of hydrogen-bond donors (Lipinski definition) is 2. The number of fused-ring (bicyclic) bond motifs is 1. The molecule has 0 spiro atoms. The highest BCUT2D eigenvalue weighted by atomic mass is 16.5. The summed E-state index contributed by atoms with van der Waals surface area (Å²) < 4.78 is 5.99. The molecule has 1 aromatic heterocycles. The maximum Gasteiger partial charge on any atom is 0.262 e. The summed E-state index contributed by atoms with van der Waals surface area (Å²) in [6, 6.07) is 26.3. The van der Waals surface area contributed by atoms with Gasteiger partial charge in [-0.05, 0) is 68.3 Å². The molecule has 0 radical (unpaired) electrons. The van der Waals surface area contributed by atoms with E-state index in [4.69, 9.17) is 4.74 Å². The number of rotatable bonds is 7. The lowest BCUT2D eigenvalue weighted by Gasteiger charge is -2.34. The van der Waals surface area contributed by atoms with Gasteiger partial charge >= 0.3 is 0 Å². The number of aromatic nitrogens is 2. The van der Waals surface area contributed by atoms with E-state index >= 15 is 0 Å². The predicted molar refractivity (Wildman–Crippen MR) is 147 cm³/mol. The van der Waals surface area contributed by atoms with Gasteiger partial charge in [0.05, 0.1) is 12.2 Å². The summed E-state index contributed by atoms with van der Waals surface area (Å²) >= 11 is 0. The van der Waals surface area contributed by atoms with Crippen LogP contribution in [0.2, 0.25) is 0 Å². The van der Waals surface area contributed by atoms with Crippen LogP contribution in [0.5, 0.6) is 5.75 Å². The zero-order valence-electron chi connectivity index (χ0n) is 21.3. The Morgan fingerprint density at radius 2 is 1.61 bits per heavy atom. The molecule has 0 aliphatic carbocycles. The first-order valence-corrected chi connectivity index (χ1v) is 12.5. The average molecular weight is 508 g/mol. The summed E-state index contributed by atoms with van der Waals surface area (Å²) in [4.78, 5) is 37.0. The molecule has 4 aromatic rings. The van der Waals surface area contributed by atoms with Crippen LogP contribution in [-0.4, -0.2) is 41.0 Å². The van der Waals surface area contributed by atoms with Crippen LogP contribution in [0.3, 0.4) is 0 Å². The molecule has 8 nitrogen and oxygen atoms in total. The number of anilines is 3. The highest BCUT2D eigenvalue weighted by Crippen LogP contribution is 2.34. The third-order valence-corrected chi connectivity index (χ3v) is 6.24. The van der Waals surface area contributed by atoms with E-state index in [1.807, 2.05) is 80.6 Å². The monoisotopic (exact) mass is 507 g/mol. The zero-order chi connectivity index (χ0) is 26.5. The van der Waals surface area contributed by atoms with Gasteiger partial charge < -0.3 is 20.3 Å². The Bertz CT molecular complexity index is 1420. The van der Waals surface area contributed by atoms with Gasteiger partial charge in [0.25, 0.3) is 11.8 Å². The lowest BCUT2D eigenvalue weighted by molar-refractivity contribution is -0.127.